The molecular weight excluding hydrogens is 261 g/mol. The fourth-order valence-electron chi connectivity index (χ4n) is 1.49. The minimum atomic E-state index is -4.72. The predicted octanol–water partition coefficient (Wildman–Crippen LogP) is 2.33. The van der Waals surface area contributed by atoms with Crippen LogP contribution >= 0.6 is 0 Å². The van der Waals surface area contributed by atoms with Crippen LogP contribution in [0.1, 0.15) is 5.69 Å². The van der Waals surface area contributed by atoms with Crippen LogP contribution in [-0.2, 0) is 13.6 Å². The number of halogens is 3. The molecule has 1 N–H and O–H groups in total. The number of hydrogen-bond acceptors (Lipinski definition) is 4. The molecule has 19 heavy (non-hydrogen) atoms. The van der Waals surface area contributed by atoms with Crippen molar-refractivity contribution in [1.82, 2.24) is 15.0 Å². The first-order valence-corrected chi connectivity index (χ1v) is 5.38. The van der Waals surface area contributed by atoms with Crippen LogP contribution in [0.3, 0.4) is 0 Å². The maximum Gasteiger partial charge on any atom is 0.573 e. The molecule has 1 heterocycles. The fourth-order valence-corrected chi connectivity index (χ4v) is 1.49. The number of benzene rings is 1. The van der Waals surface area contributed by atoms with Crippen LogP contribution in [0.25, 0.3) is 0 Å². The van der Waals surface area contributed by atoms with Gasteiger partial charge in [0.15, 0.2) is 5.75 Å². The van der Waals surface area contributed by atoms with Crippen LogP contribution in [-0.4, -0.2) is 21.4 Å². The summed E-state index contributed by atoms with van der Waals surface area (Å²) in [5.74, 6) is -0.279. The quantitative estimate of drug-likeness (QED) is 0.928. The largest absolute Gasteiger partial charge is 0.573 e. The molecule has 2 aromatic rings. The van der Waals surface area contributed by atoms with Crippen molar-refractivity contribution in [3.8, 4) is 5.75 Å². The van der Waals surface area contributed by atoms with Gasteiger partial charge in [0, 0.05) is 13.2 Å². The van der Waals surface area contributed by atoms with E-state index in [-0.39, 0.29) is 18.0 Å². The Hall–Kier alpha value is -2.25. The lowest BCUT2D eigenvalue weighted by Crippen LogP contribution is -2.18. The summed E-state index contributed by atoms with van der Waals surface area (Å²) < 4.78 is 42.1. The van der Waals surface area contributed by atoms with Crippen molar-refractivity contribution >= 4 is 5.69 Å². The molecule has 0 radical (unpaired) electrons. The van der Waals surface area contributed by atoms with Crippen molar-refractivity contribution in [3.63, 3.8) is 0 Å². The molecule has 1 aromatic heterocycles. The van der Waals surface area contributed by atoms with E-state index in [9.17, 15) is 13.2 Å². The Labute approximate surface area is 107 Å². The average molecular weight is 272 g/mol. The third kappa shape index (κ3) is 3.87. The fraction of sp³-hybridized carbons (Fsp3) is 0.273. The van der Waals surface area contributed by atoms with Gasteiger partial charge in [-0.05, 0) is 12.1 Å². The Balaban J connectivity index is 2.07. The summed E-state index contributed by atoms with van der Waals surface area (Å²) in [4.78, 5) is 0. The van der Waals surface area contributed by atoms with Gasteiger partial charge in [-0.1, -0.05) is 17.3 Å². The Morgan fingerprint density at radius 3 is 2.68 bits per heavy atom. The van der Waals surface area contributed by atoms with E-state index in [1.54, 1.807) is 19.3 Å². The molecule has 0 aliphatic carbocycles. The van der Waals surface area contributed by atoms with Gasteiger partial charge in [0.05, 0.1) is 12.2 Å². The molecule has 8 heteroatoms. The zero-order chi connectivity index (χ0) is 13.9. The van der Waals surface area contributed by atoms with E-state index in [4.69, 9.17) is 0 Å². The van der Waals surface area contributed by atoms with E-state index in [2.05, 4.69) is 20.4 Å². The lowest BCUT2D eigenvalue weighted by atomic mass is 10.3. The van der Waals surface area contributed by atoms with Crippen LogP contribution < -0.4 is 10.1 Å². The number of ether oxygens (including phenoxy) is 1. The maximum absolute atomic E-state index is 12.2. The number of para-hydroxylation sites is 2. The van der Waals surface area contributed by atoms with Crippen molar-refractivity contribution in [2.24, 2.45) is 7.05 Å². The zero-order valence-electron chi connectivity index (χ0n) is 9.98. The number of hydrogen-bond donors (Lipinski definition) is 1. The molecule has 2 rings (SSSR count). The third-order valence-electron chi connectivity index (χ3n) is 2.22. The predicted molar refractivity (Wildman–Crippen MR) is 61.5 cm³/mol. The van der Waals surface area contributed by atoms with Gasteiger partial charge >= 0.3 is 6.36 Å². The van der Waals surface area contributed by atoms with E-state index < -0.39 is 6.36 Å². The van der Waals surface area contributed by atoms with Crippen molar-refractivity contribution in [2.45, 2.75) is 12.9 Å². The monoisotopic (exact) mass is 272 g/mol. The van der Waals surface area contributed by atoms with E-state index in [1.807, 2.05) is 0 Å². The second-order valence-electron chi connectivity index (χ2n) is 3.78. The molecule has 0 saturated heterocycles. The molecule has 0 unspecified atom stereocenters. The minimum Gasteiger partial charge on any atom is -0.404 e. The molecule has 0 atom stereocenters. The lowest BCUT2D eigenvalue weighted by molar-refractivity contribution is -0.274. The summed E-state index contributed by atoms with van der Waals surface area (Å²) in [6, 6.07) is 5.82. The van der Waals surface area contributed by atoms with Crippen molar-refractivity contribution in [2.75, 3.05) is 5.32 Å². The van der Waals surface area contributed by atoms with Gasteiger partial charge in [-0.15, -0.1) is 18.3 Å². The summed E-state index contributed by atoms with van der Waals surface area (Å²) in [5.41, 5.74) is 0.856. The van der Waals surface area contributed by atoms with Gasteiger partial charge in [0.1, 0.15) is 5.69 Å². The third-order valence-corrected chi connectivity index (χ3v) is 2.22. The first-order valence-electron chi connectivity index (χ1n) is 5.38. The smallest absolute Gasteiger partial charge is 0.404 e. The molecule has 0 saturated carbocycles. The molecule has 5 nitrogen and oxygen atoms in total. The topological polar surface area (TPSA) is 52.0 Å². The van der Waals surface area contributed by atoms with Gasteiger partial charge in [0.25, 0.3) is 0 Å². The van der Waals surface area contributed by atoms with E-state index in [0.29, 0.717) is 5.69 Å². The first kappa shape index (κ1) is 13.2. The number of anilines is 1. The second kappa shape index (κ2) is 5.17. The van der Waals surface area contributed by atoms with E-state index in [0.717, 1.165) is 0 Å². The summed E-state index contributed by atoms with van der Waals surface area (Å²) in [6.07, 6.45) is -3.05. The Kier molecular flexibility index (Phi) is 3.59. The number of rotatable bonds is 4. The molecule has 0 bridgehead atoms. The SMILES string of the molecule is Cn1cc(CNc2ccccc2OC(F)(F)F)nn1. The number of alkyl halides is 3. The highest BCUT2D eigenvalue weighted by Crippen LogP contribution is 2.30. The maximum atomic E-state index is 12.2. The second-order valence-corrected chi connectivity index (χ2v) is 3.78. The highest BCUT2D eigenvalue weighted by molar-refractivity contribution is 5.56. The van der Waals surface area contributed by atoms with Gasteiger partial charge in [-0.2, -0.15) is 0 Å². The van der Waals surface area contributed by atoms with E-state index >= 15 is 0 Å². The van der Waals surface area contributed by atoms with Crippen molar-refractivity contribution in [3.05, 3.63) is 36.2 Å². The van der Waals surface area contributed by atoms with Gasteiger partial charge in [-0.25, -0.2) is 0 Å². The highest BCUT2D eigenvalue weighted by Gasteiger charge is 2.32. The molecular formula is C11H11F3N4O. The van der Waals surface area contributed by atoms with Crippen LogP contribution in [0.15, 0.2) is 30.5 Å². The van der Waals surface area contributed by atoms with Crippen molar-refractivity contribution < 1.29 is 17.9 Å². The first-order chi connectivity index (χ1) is 8.94. The zero-order valence-corrected chi connectivity index (χ0v) is 9.98. The molecule has 0 fully saturated rings. The lowest BCUT2D eigenvalue weighted by Gasteiger charge is -2.13. The summed E-state index contributed by atoms with van der Waals surface area (Å²) in [6.45, 7) is 0.256. The van der Waals surface area contributed by atoms with Crippen LogP contribution in [0.5, 0.6) is 5.75 Å². The minimum absolute atomic E-state index is 0.241. The summed E-state index contributed by atoms with van der Waals surface area (Å²) in [5, 5.41) is 10.4. The average Bonchev–Trinajstić information content (AvgIpc) is 2.72. The Morgan fingerprint density at radius 2 is 2.05 bits per heavy atom. The van der Waals surface area contributed by atoms with Crippen LogP contribution in [0, 0.1) is 0 Å². The number of aryl methyl sites for hydroxylation is 1. The summed E-state index contributed by atoms with van der Waals surface area (Å²) in [7, 11) is 1.71. The van der Waals surface area contributed by atoms with Gasteiger partial charge < -0.3 is 10.1 Å². The normalized spacial score (nSPS) is 11.4. The summed E-state index contributed by atoms with van der Waals surface area (Å²) >= 11 is 0. The molecule has 0 aliphatic rings. The Morgan fingerprint density at radius 1 is 1.32 bits per heavy atom. The number of nitrogens with one attached hydrogen (secondary N) is 1. The van der Waals surface area contributed by atoms with E-state index in [1.165, 1.54) is 22.9 Å². The number of aromatic nitrogens is 3. The van der Waals surface area contributed by atoms with Gasteiger partial charge in [-0.3, -0.25) is 4.68 Å². The molecule has 1 aromatic carbocycles. The Bertz CT molecular complexity index is 553. The van der Waals surface area contributed by atoms with Crippen LogP contribution in [0.2, 0.25) is 0 Å². The number of nitrogens with zero attached hydrogens (tertiary/aromatic N) is 3. The highest BCUT2D eigenvalue weighted by atomic mass is 19.4. The molecule has 0 aliphatic heterocycles. The van der Waals surface area contributed by atoms with Crippen molar-refractivity contribution in [1.29, 1.82) is 0 Å². The molecule has 0 spiro atoms. The van der Waals surface area contributed by atoms with Crippen LogP contribution in [0.4, 0.5) is 18.9 Å². The molecule has 0 amide bonds. The van der Waals surface area contributed by atoms with Gasteiger partial charge in [0.2, 0.25) is 0 Å². The molecule has 102 valence electrons. The standard InChI is InChI=1S/C11H11F3N4O/c1-18-7-8(16-17-18)6-15-9-4-2-3-5-10(9)19-11(12,13)14/h2-5,7,15H,6H2,1H3.